The SMILES string of the molecule is NCCCc1nnc(C2CCCSC2)o1. The van der Waals surface area contributed by atoms with Gasteiger partial charge in [-0.15, -0.1) is 10.2 Å². The standard InChI is InChI=1S/C10H17N3OS/c11-5-1-4-9-12-13-10(14-9)8-3-2-6-15-7-8/h8H,1-7,11H2. The number of hydrogen-bond acceptors (Lipinski definition) is 5. The molecule has 1 aliphatic heterocycles. The lowest BCUT2D eigenvalue weighted by atomic mass is 10.1. The van der Waals surface area contributed by atoms with Crippen molar-refractivity contribution in [3.63, 3.8) is 0 Å². The van der Waals surface area contributed by atoms with E-state index in [1.165, 1.54) is 18.6 Å². The molecule has 1 unspecified atom stereocenters. The van der Waals surface area contributed by atoms with Gasteiger partial charge in [-0.25, -0.2) is 0 Å². The largest absolute Gasteiger partial charge is 0.425 e. The van der Waals surface area contributed by atoms with Crippen LogP contribution in [0.3, 0.4) is 0 Å². The highest BCUT2D eigenvalue weighted by molar-refractivity contribution is 7.99. The van der Waals surface area contributed by atoms with Gasteiger partial charge in [-0.1, -0.05) is 0 Å². The van der Waals surface area contributed by atoms with Gasteiger partial charge in [0.2, 0.25) is 11.8 Å². The van der Waals surface area contributed by atoms with E-state index in [1.54, 1.807) is 0 Å². The third-order valence-electron chi connectivity index (χ3n) is 2.59. The number of aromatic nitrogens is 2. The van der Waals surface area contributed by atoms with Crippen LogP contribution in [0.2, 0.25) is 0 Å². The molecule has 15 heavy (non-hydrogen) atoms. The lowest BCUT2D eigenvalue weighted by molar-refractivity contribution is 0.411. The van der Waals surface area contributed by atoms with Gasteiger partial charge in [-0.3, -0.25) is 0 Å². The zero-order valence-electron chi connectivity index (χ0n) is 8.82. The first kappa shape index (κ1) is 11.0. The maximum atomic E-state index is 5.63. The number of rotatable bonds is 4. The van der Waals surface area contributed by atoms with Gasteiger partial charge in [0.25, 0.3) is 0 Å². The van der Waals surface area contributed by atoms with E-state index in [0.717, 1.165) is 30.4 Å². The van der Waals surface area contributed by atoms with E-state index >= 15 is 0 Å². The van der Waals surface area contributed by atoms with Crippen molar-refractivity contribution >= 4 is 11.8 Å². The van der Waals surface area contributed by atoms with Crippen molar-refractivity contribution in [1.82, 2.24) is 10.2 Å². The normalized spacial score (nSPS) is 21.8. The second-order valence-corrected chi connectivity index (χ2v) is 4.99. The molecule has 4 nitrogen and oxygen atoms in total. The maximum Gasteiger partial charge on any atom is 0.220 e. The first-order chi connectivity index (χ1) is 7.40. The number of thioether (sulfide) groups is 1. The van der Waals surface area contributed by atoms with Crippen molar-refractivity contribution in [2.24, 2.45) is 5.73 Å². The van der Waals surface area contributed by atoms with Crippen molar-refractivity contribution in [3.05, 3.63) is 11.8 Å². The summed E-state index contributed by atoms with van der Waals surface area (Å²) in [5, 5.41) is 8.17. The van der Waals surface area contributed by atoms with E-state index in [4.69, 9.17) is 10.2 Å². The highest BCUT2D eigenvalue weighted by atomic mass is 32.2. The number of aryl methyl sites for hydroxylation is 1. The predicted molar refractivity (Wildman–Crippen MR) is 61.0 cm³/mol. The van der Waals surface area contributed by atoms with E-state index < -0.39 is 0 Å². The molecule has 1 saturated heterocycles. The summed E-state index contributed by atoms with van der Waals surface area (Å²) in [7, 11) is 0. The summed E-state index contributed by atoms with van der Waals surface area (Å²) in [6.07, 6.45) is 4.17. The average Bonchev–Trinajstić information content (AvgIpc) is 2.76. The Balaban J connectivity index is 1.93. The molecule has 0 radical (unpaired) electrons. The Labute approximate surface area is 94.0 Å². The van der Waals surface area contributed by atoms with Gasteiger partial charge in [0.1, 0.15) is 0 Å². The zero-order valence-corrected chi connectivity index (χ0v) is 9.63. The van der Waals surface area contributed by atoms with Gasteiger partial charge in [0.15, 0.2) is 0 Å². The molecule has 2 heterocycles. The summed E-state index contributed by atoms with van der Waals surface area (Å²) in [5.41, 5.74) is 5.43. The molecule has 0 spiro atoms. The molecule has 1 aromatic rings. The van der Waals surface area contributed by atoms with Crippen LogP contribution in [0.5, 0.6) is 0 Å². The summed E-state index contributed by atoms with van der Waals surface area (Å²) in [6.45, 7) is 0.678. The van der Waals surface area contributed by atoms with Crippen LogP contribution < -0.4 is 5.73 Å². The Morgan fingerprint density at radius 2 is 2.40 bits per heavy atom. The topological polar surface area (TPSA) is 64.9 Å². The molecule has 0 aliphatic carbocycles. The highest BCUT2D eigenvalue weighted by Gasteiger charge is 2.21. The molecule has 1 fully saturated rings. The Hall–Kier alpha value is -0.550. The Morgan fingerprint density at radius 1 is 1.47 bits per heavy atom. The third-order valence-corrected chi connectivity index (χ3v) is 3.80. The van der Waals surface area contributed by atoms with Crippen LogP contribution in [0.1, 0.15) is 37.0 Å². The molecule has 1 atom stereocenters. The molecule has 5 heteroatoms. The molecule has 1 aliphatic rings. The van der Waals surface area contributed by atoms with Crippen LogP contribution in [0.15, 0.2) is 4.42 Å². The fraction of sp³-hybridized carbons (Fsp3) is 0.800. The Kier molecular flexibility index (Phi) is 4.02. The lowest BCUT2D eigenvalue weighted by Gasteiger charge is -2.17. The maximum absolute atomic E-state index is 5.63. The van der Waals surface area contributed by atoms with Gasteiger partial charge in [0.05, 0.1) is 0 Å². The number of hydrogen-bond donors (Lipinski definition) is 1. The third kappa shape index (κ3) is 2.95. The fourth-order valence-corrected chi connectivity index (χ4v) is 2.85. The smallest absolute Gasteiger partial charge is 0.220 e. The minimum absolute atomic E-state index is 0.475. The predicted octanol–water partition coefficient (Wildman–Crippen LogP) is 1.57. The van der Waals surface area contributed by atoms with Crippen LogP contribution in [0.4, 0.5) is 0 Å². The number of nitrogens with two attached hydrogens (primary N) is 1. The summed E-state index contributed by atoms with van der Waals surface area (Å²) in [5.74, 6) is 4.44. The molecule has 0 saturated carbocycles. The summed E-state index contributed by atoms with van der Waals surface area (Å²) < 4.78 is 5.63. The van der Waals surface area contributed by atoms with Gasteiger partial charge < -0.3 is 10.2 Å². The van der Waals surface area contributed by atoms with E-state index in [2.05, 4.69) is 10.2 Å². The zero-order chi connectivity index (χ0) is 10.5. The Morgan fingerprint density at radius 3 is 3.13 bits per heavy atom. The molecule has 0 amide bonds. The van der Waals surface area contributed by atoms with Crippen molar-refractivity contribution in [1.29, 1.82) is 0 Å². The minimum Gasteiger partial charge on any atom is -0.425 e. The van der Waals surface area contributed by atoms with Crippen LogP contribution >= 0.6 is 11.8 Å². The van der Waals surface area contributed by atoms with Gasteiger partial charge in [-0.2, -0.15) is 11.8 Å². The van der Waals surface area contributed by atoms with E-state index in [9.17, 15) is 0 Å². The highest BCUT2D eigenvalue weighted by Crippen LogP contribution is 2.30. The lowest BCUT2D eigenvalue weighted by Crippen LogP contribution is -2.08. The molecule has 84 valence electrons. The molecular weight excluding hydrogens is 210 g/mol. The molecule has 0 bridgehead atoms. The fourth-order valence-electron chi connectivity index (χ4n) is 1.72. The summed E-state index contributed by atoms with van der Waals surface area (Å²) in [4.78, 5) is 0. The first-order valence-corrected chi connectivity index (χ1v) is 6.65. The van der Waals surface area contributed by atoms with Crippen molar-refractivity contribution in [2.75, 3.05) is 18.1 Å². The Bertz CT molecular complexity index is 297. The average molecular weight is 227 g/mol. The van der Waals surface area contributed by atoms with Crippen LogP contribution in [0.25, 0.3) is 0 Å². The van der Waals surface area contributed by atoms with Crippen molar-refractivity contribution in [3.8, 4) is 0 Å². The monoisotopic (exact) mass is 227 g/mol. The van der Waals surface area contributed by atoms with Gasteiger partial charge >= 0.3 is 0 Å². The second kappa shape index (κ2) is 5.51. The van der Waals surface area contributed by atoms with Crippen molar-refractivity contribution in [2.45, 2.75) is 31.6 Å². The van der Waals surface area contributed by atoms with Gasteiger partial charge in [-0.05, 0) is 31.6 Å². The van der Waals surface area contributed by atoms with E-state index in [0.29, 0.717) is 12.5 Å². The van der Waals surface area contributed by atoms with E-state index in [-0.39, 0.29) is 0 Å². The van der Waals surface area contributed by atoms with Crippen LogP contribution in [-0.4, -0.2) is 28.2 Å². The summed E-state index contributed by atoms with van der Waals surface area (Å²) >= 11 is 1.98. The van der Waals surface area contributed by atoms with Crippen LogP contribution in [0, 0.1) is 0 Å². The van der Waals surface area contributed by atoms with Crippen molar-refractivity contribution < 1.29 is 4.42 Å². The van der Waals surface area contributed by atoms with E-state index in [1.807, 2.05) is 11.8 Å². The summed E-state index contributed by atoms with van der Waals surface area (Å²) in [6, 6.07) is 0. The quantitative estimate of drug-likeness (QED) is 0.846. The molecular formula is C10H17N3OS. The molecule has 0 aromatic carbocycles. The number of nitrogens with zero attached hydrogens (tertiary/aromatic N) is 2. The molecule has 1 aromatic heterocycles. The minimum atomic E-state index is 0.475. The molecule has 2 rings (SSSR count). The second-order valence-electron chi connectivity index (χ2n) is 3.84. The first-order valence-electron chi connectivity index (χ1n) is 5.50. The molecule has 2 N–H and O–H groups in total. The van der Waals surface area contributed by atoms with Gasteiger partial charge in [0, 0.05) is 18.1 Å². The van der Waals surface area contributed by atoms with Crippen LogP contribution in [-0.2, 0) is 6.42 Å².